The highest BCUT2D eigenvalue weighted by molar-refractivity contribution is 5.79. The van der Waals surface area contributed by atoms with E-state index in [9.17, 15) is 4.79 Å². The average Bonchev–Trinajstić information content (AvgIpc) is 3.46. The molecule has 0 radical (unpaired) electrons. The maximum Gasteiger partial charge on any atom is 0.224 e. The summed E-state index contributed by atoms with van der Waals surface area (Å²) >= 11 is 0. The molecule has 1 saturated heterocycles. The molecule has 5 heteroatoms. The minimum atomic E-state index is 0.0692. The Balaban J connectivity index is 1.40. The third-order valence-electron chi connectivity index (χ3n) is 6.30. The van der Waals surface area contributed by atoms with E-state index >= 15 is 0 Å². The Morgan fingerprint density at radius 2 is 1.93 bits per heavy atom. The van der Waals surface area contributed by atoms with E-state index in [-0.39, 0.29) is 11.8 Å². The van der Waals surface area contributed by atoms with Gasteiger partial charge in [-0.25, -0.2) is 9.97 Å². The lowest BCUT2D eigenvalue weighted by atomic mass is 9.96. The minimum absolute atomic E-state index is 0.0692. The van der Waals surface area contributed by atoms with E-state index in [0.717, 1.165) is 74.9 Å². The SMILES string of the molecule is O=C(NCC1CC1)[C@H]1CCCN(c2nc(-c3ccccc3)nc3c2CCC3)C1. The molecule has 2 fully saturated rings. The summed E-state index contributed by atoms with van der Waals surface area (Å²) < 4.78 is 0. The fourth-order valence-corrected chi connectivity index (χ4v) is 4.49. The van der Waals surface area contributed by atoms with Crippen molar-refractivity contribution in [1.82, 2.24) is 15.3 Å². The number of piperidine rings is 1. The number of amides is 1. The van der Waals surface area contributed by atoms with Gasteiger partial charge in [0.25, 0.3) is 0 Å². The van der Waals surface area contributed by atoms with Crippen molar-refractivity contribution >= 4 is 11.7 Å². The summed E-state index contributed by atoms with van der Waals surface area (Å²) in [5.74, 6) is 2.91. The zero-order valence-electron chi connectivity index (χ0n) is 16.4. The van der Waals surface area contributed by atoms with Crippen molar-refractivity contribution in [2.75, 3.05) is 24.5 Å². The lowest BCUT2D eigenvalue weighted by Gasteiger charge is -2.34. The molecule has 5 nitrogen and oxygen atoms in total. The van der Waals surface area contributed by atoms with Gasteiger partial charge in [0.2, 0.25) is 5.91 Å². The van der Waals surface area contributed by atoms with Gasteiger partial charge >= 0.3 is 0 Å². The van der Waals surface area contributed by atoms with Gasteiger partial charge in [0, 0.05) is 36.5 Å². The van der Waals surface area contributed by atoms with Gasteiger partial charge in [0.1, 0.15) is 5.82 Å². The van der Waals surface area contributed by atoms with Gasteiger partial charge in [-0.3, -0.25) is 4.79 Å². The standard InChI is InChI=1S/C23H28N4O/c28-23(24-14-16-11-12-16)18-8-5-13-27(15-18)22-19-9-4-10-20(19)25-21(26-22)17-6-2-1-3-7-17/h1-3,6-7,16,18H,4-5,8-15H2,(H,24,28)/t18-/m0/s1. The number of rotatable bonds is 5. The van der Waals surface area contributed by atoms with E-state index in [1.807, 2.05) is 18.2 Å². The van der Waals surface area contributed by atoms with Crippen LogP contribution in [0, 0.1) is 11.8 Å². The van der Waals surface area contributed by atoms with Crippen molar-refractivity contribution in [3.8, 4) is 11.4 Å². The molecule has 1 N–H and O–H groups in total. The highest BCUT2D eigenvalue weighted by Crippen LogP contribution is 2.34. The lowest BCUT2D eigenvalue weighted by Crippen LogP contribution is -2.44. The third-order valence-corrected chi connectivity index (χ3v) is 6.30. The maximum absolute atomic E-state index is 12.7. The molecule has 1 amide bonds. The second kappa shape index (κ2) is 7.53. The Kier molecular flexibility index (Phi) is 4.75. The molecule has 0 bridgehead atoms. The molecule has 1 saturated carbocycles. The van der Waals surface area contributed by atoms with Crippen LogP contribution in [0.5, 0.6) is 0 Å². The summed E-state index contributed by atoms with van der Waals surface area (Å²) in [6.45, 7) is 2.61. The highest BCUT2D eigenvalue weighted by atomic mass is 16.1. The fourth-order valence-electron chi connectivity index (χ4n) is 4.49. The molecule has 0 spiro atoms. The summed E-state index contributed by atoms with van der Waals surface area (Å²) in [5.41, 5.74) is 3.57. The highest BCUT2D eigenvalue weighted by Gasteiger charge is 2.31. The Labute approximate surface area is 166 Å². The number of hydrogen-bond acceptors (Lipinski definition) is 4. The number of hydrogen-bond donors (Lipinski definition) is 1. The molecular weight excluding hydrogens is 348 g/mol. The van der Waals surface area contributed by atoms with Crippen LogP contribution in [0.15, 0.2) is 30.3 Å². The molecule has 2 aromatic rings. The van der Waals surface area contributed by atoms with Crippen LogP contribution >= 0.6 is 0 Å². The average molecular weight is 377 g/mol. The van der Waals surface area contributed by atoms with E-state index in [1.165, 1.54) is 24.1 Å². The predicted molar refractivity (Wildman–Crippen MR) is 110 cm³/mol. The van der Waals surface area contributed by atoms with E-state index in [1.54, 1.807) is 0 Å². The molecule has 1 aliphatic heterocycles. The van der Waals surface area contributed by atoms with Gasteiger partial charge in [-0.1, -0.05) is 30.3 Å². The number of carbonyl (C=O) groups excluding carboxylic acids is 1. The van der Waals surface area contributed by atoms with E-state index < -0.39 is 0 Å². The van der Waals surface area contributed by atoms with Crippen LogP contribution in [-0.2, 0) is 17.6 Å². The largest absolute Gasteiger partial charge is 0.356 e. The van der Waals surface area contributed by atoms with E-state index in [4.69, 9.17) is 9.97 Å². The topological polar surface area (TPSA) is 58.1 Å². The van der Waals surface area contributed by atoms with Gasteiger partial charge < -0.3 is 10.2 Å². The van der Waals surface area contributed by atoms with Crippen LogP contribution in [0.4, 0.5) is 5.82 Å². The number of nitrogens with one attached hydrogen (secondary N) is 1. The van der Waals surface area contributed by atoms with Crippen LogP contribution in [0.1, 0.15) is 43.4 Å². The van der Waals surface area contributed by atoms with Gasteiger partial charge in [-0.05, 0) is 50.9 Å². The summed E-state index contributed by atoms with van der Waals surface area (Å²) in [5, 5.41) is 3.18. The monoisotopic (exact) mass is 376 g/mol. The second-order valence-corrected chi connectivity index (χ2v) is 8.49. The molecular formula is C23H28N4O. The minimum Gasteiger partial charge on any atom is -0.356 e. The normalized spacial score (nSPS) is 21.4. The molecule has 146 valence electrons. The third kappa shape index (κ3) is 3.62. The first-order valence-electron chi connectivity index (χ1n) is 10.8. The number of nitrogens with zero attached hydrogens (tertiary/aromatic N) is 3. The molecule has 3 aliphatic rings. The van der Waals surface area contributed by atoms with Gasteiger partial charge in [0.05, 0.1) is 5.92 Å². The van der Waals surface area contributed by atoms with Crippen LogP contribution in [-0.4, -0.2) is 35.5 Å². The van der Waals surface area contributed by atoms with Crippen molar-refractivity contribution in [2.45, 2.75) is 44.9 Å². The molecule has 28 heavy (non-hydrogen) atoms. The van der Waals surface area contributed by atoms with Crippen LogP contribution in [0.3, 0.4) is 0 Å². The van der Waals surface area contributed by atoms with Crippen LogP contribution in [0.25, 0.3) is 11.4 Å². The maximum atomic E-state index is 12.7. The van der Waals surface area contributed by atoms with Gasteiger partial charge in [-0.15, -0.1) is 0 Å². The lowest BCUT2D eigenvalue weighted by molar-refractivity contribution is -0.125. The zero-order chi connectivity index (χ0) is 18.9. The van der Waals surface area contributed by atoms with E-state index in [2.05, 4.69) is 22.3 Å². The molecule has 2 aliphatic carbocycles. The van der Waals surface area contributed by atoms with Crippen LogP contribution in [0.2, 0.25) is 0 Å². The summed E-state index contributed by atoms with van der Waals surface area (Å²) in [7, 11) is 0. The number of aryl methyl sites for hydroxylation is 1. The Hall–Kier alpha value is -2.43. The van der Waals surface area contributed by atoms with Crippen molar-refractivity contribution in [3.63, 3.8) is 0 Å². The van der Waals surface area contributed by atoms with Crippen molar-refractivity contribution in [1.29, 1.82) is 0 Å². The van der Waals surface area contributed by atoms with E-state index in [0.29, 0.717) is 0 Å². The van der Waals surface area contributed by atoms with Gasteiger partial charge in [0.15, 0.2) is 5.82 Å². The van der Waals surface area contributed by atoms with Gasteiger partial charge in [-0.2, -0.15) is 0 Å². The summed E-state index contributed by atoms with van der Waals surface area (Å²) in [6, 6.07) is 10.2. The summed E-state index contributed by atoms with van der Waals surface area (Å²) in [6.07, 6.45) is 7.79. The molecule has 1 atom stereocenters. The molecule has 1 aromatic heterocycles. The number of benzene rings is 1. The number of aromatic nitrogens is 2. The first-order valence-corrected chi connectivity index (χ1v) is 10.8. The van der Waals surface area contributed by atoms with Crippen molar-refractivity contribution in [3.05, 3.63) is 41.6 Å². The molecule has 1 aromatic carbocycles. The number of carbonyl (C=O) groups is 1. The summed E-state index contributed by atoms with van der Waals surface area (Å²) in [4.78, 5) is 24.9. The quantitative estimate of drug-likeness (QED) is 0.869. The smallest absolute Gasteiger partial charge is 0.224 e. The fraction of sp³-hybridized carbons (Fsp3) is 0.522. The Morgan fingerprint density at radius 1 is 1.07 bits per heavy atom. The molecule has 0 unspecified atom stereocenters. The Bertz CT molecular complexity index is 862. The number of fused-ring (bicyclic) bond motifs is 1. The Morgan fingerprint density at radius 3 is 2.75 bits per heavy atom. The second-order valence-electron chi connectivity index (χ2n) is 8.49. The molecule has 5 rings (SSSR count). The number of anilines is 1. The van der Waals surface area contributed by atoms with Crippen LogP contribution < -0.4 is 10.2 Å². The first-order chi connectivity index (χ1) is 13.8. The first kappa shape index (κ1) is 17.7. The van der Waals surface area contributed by atoms with Crippen molar-refractivity contribution < 1.29 is 4.79 Å². The molecule has 2 heterocycles. The zero-order valence-corrected chi connectivity index (χ0v) is 16.4. The predicted octanol–water partition coefficient (Wildman–Crippen LogP) is 3.37. The van der Waals surface area contributed by atoms with Crippen molar-refractivity contribution in [2.24, 2.45) is 11.8 Å².